The Morgan fingerprint density at radius 1 is 1.14 bits per heavy atom. The van der Waals surface area contributed by atoms with E-state index in [0.717, 1.165) is 46.7 Å². The van der Waals surface area contributed by atoms with Gasteiger partial charge in [-0.05, 0) is 69.4 Å². The van der Waals surface area contributed by atoms with Crippen LogP contribution in [0.4, 0.5) is 0 Å². The normalized spacial score (nSPS) is 13.3. The third kappa shape index (κ3) is 4.50. The minimum absolute atomic E-state index is 0.0945. The van der Waals surface area contributed by atoms with Gasteiger partial charge >= 0.3 is 0 Å². The number of aryl methyl sites for hydroxylation is 3. The van der Waals surface area contributed by atoms with Crippen molar-refractivity contribution in [3.05, 3.63) is 70.9 Å². The zero-order chi connectivity index (χ0) is 20.4. The topological polar surface area (TPSA) is 56.2 Å². The van der Waals surface area contributed by atoms with Gasteiger partial charge in [-0.25, -0.2) is 4.68 Å². The van der Waals surface area contributed by atoms with Gasteiger partial charge in [0.05, 0.1) is 11.4 Å². The number of nitrogens with one attached hydrogen (secondary N) is 1. The molecule has 0 spiro atoms. The van der Waals surface area contributed by atoms with Crippen LogP contribution in [0.3, 0.4) is 0 Å². The summed E-state index contributed by atoms with van der Waals surface area (Å²) in [5.74, 6) is 1.57. The molecule has 5 heteroatoms. The molecule has 0 aliphatic heterocycles. The molecule has 1 saturated carbocycles. The van der Waals surface area contributed by atoms with E-state index in [9.17, 15) is 4.79 Å². The minimum Gasteiger partial charge on any atom is -0.438 e. The molecule has 1 fully saturated rings. The Bertz CT molecular complexity index is 1030. The van der Waals surface area contributed by atoms with Crippen LogP contribution in [0.5, 0.6) is 11.6 Å². The number of ether oxygens (including phenoxy) is 1. The molecule has 0 atom stereocenters. The number of para-hydroxylation sites is 1. The first-order valence-corrected chi connectivity index (χ1v) is 10.2. The Hall–Kier alpha value is -3.08. The summed E-state index contributed by atoms with van der Waals surface area (Å²) in [5, 5.41) is 7.82. The highest BCUT2D eigenvalue weighted by Gasteiger charge is 2.24. The number of carbonyl (C=O) groups is 1. The fraction of sp³-hybridized carbons (Fsp3) is 0.333. The lowest BCUT2D eigenvalue weighted by Gasteiger charge is -2.13. The van der Waals surface area contributed by atoms with Gasteiger partial charge in [0.15, 0.2) is 0 Å². The van der Waals surface area contributed by atoms with Gasteiger partial charge in [0.1, 0.15) is 5.75 Å². The predicted octanol–water partition coefficient (Wildman–Crippen LogP) is 4.80. The molecule has 1 aliphatic carbocycles. The van der Waals surface area contributed by atoms with Gasteiger partial charge in [0.2, 0.25) is 11.8 Å². The molecule has 150 valence electrons. The Balaban J connectivity index is 1.69. The second-order valence-electron chi connectivity index (χ2n) is 7.83. The van der Waals surface area contributed by atoms with Crippen LogP contribution >= 0.6 is 0 Å². The van der Waals surface area contributed by atoms with Crippen molar-refractivity contribution in [3.8, 4) is 17.3 Å². The summed E-state index contributed by atoms with van der Waals surface area (Å²) in [6.45, 7) is 6.06. The van der Waals surface area contributed by atoms with Crippen molar-refractivity contribution in [2.24, 2.45) is 0 Å². The average molecular weight is 389 g/mol. The molecule has 4 rings (SSSR count). The van der Waals surface area contributed by atoms with Crippen LogP contribution in [0, 0.1) is 20.8 Å². The molecular weight excluding hydrogens is 362 g/mol. The van der Waals surface area contributed by atoms with E-state index in [1.807, 2.05) is 54.9 Å². The molecule has 0 bridgehead atoms. The van der Waals surface area contributed by atoms with Crippen molar-refractivity contribution in [2.45, 2.75) is 52.5 Å². The van der Waals surface area contributed by atoms with Gasteiger partial charge in [-0.1, -0.05) is 30.3 Å². The number of rotatable bonds is 7. The maximum atomic E-state index is 12.2. The number of hydrogen-bond donors (Lipinski definition) is 1. The summed E-state index contributed by atoms with van der Waals surface area (Å²) in [4.78, 5) is 12.2. The molecule has 29 heavy (non-hydrogen) atoms. The standard InChI is InChI=1S/C24H27N3O2/c1-16-7-6-9-20(15-16)27-24(29-22-10-5-4-8-17(22)2)21(18(3)26-27)13-14-23(28)25-19-11-12-19/h4-10,15,19H,11-14H2,1-3H3,(H,25,28). The maximum Gasteiger partial charge on any atom is 0.226 e. The largest absolute Gasteiger partial charge is 0.438 e. The van der Waals surface area contributed by atoms with Crippen LogP contribution in [-0.2, 0) is 11.2 Å². The lowest BCUT2D eigenvalue weighted by Crippen LogP contribution is -2.25. The molecule has 1 N–H and O–H groups in total. The molecule has 0 radical (unpaired) electrons. The highest BCUT2D eigenvalue weighted by molar-refractivity contribution is 5.77. The lowest BCUT2D eigenvalue weighted by atomic mass is 10.1. The SMILES string of the molecule is Cc1cccc(-n2nc(C)c(CCC(=O)NC3CC3)c2Oc2ccccc2C)c1. The van der Waals surface area contributed by atoms with Crippen LogP contribution in [0.2, 0.25) is 0 Å². The second-order valence-corrected chi connectivity index (χ2v) is 7.83. The summed E-state index contributed by atoms with van der Waals surface area (Å²) < 4.78 is 8.23. The molecule has 1 amide bonds. The third-order valence-corrected chi connectivity index (χ3v) is 5.23. The van der Waals surface area contributed by atoms with Gasteiger partial charge in [-0.3, -0.25) is 4.79 Å². The van der Waals surface area contributed by atoms with Crippen LogP contribution in [0.15, 0.2) is 48.5 Å². The summed E-state index contributed by atoms with van der Waals surface area (Å²) in [7, 11) is 0. The van der Waals surface area contributed by atoms with E-state index in [1.54, 1.807) is 0 Å². The van der Waals surface area contributed by atoms with Gasteiger partial charge in [0, 0.05) is 18.0 Å². The minimum atomic E-state index is 0.0945. The Morgan fingerprint density at radius 3 is 2.66 bits per heavy atom. The van der Waals surface area contributed by atoms with Crippen LogP contribution in [-0.4, -0.2) is 21.7 Å². The number of aromatic nitrogens is 2. The lowest BCUT2D eigenvalue weighted by molar-refractivity contribution is -0.121. The first-order valence-electron chi connectivity index (χ1n) is 10.2. The quantitative estimate of drug-likeness (QED) is 0.631. The molecule has 1 aliphatic rings. The summed E-state index contributed by atoms with van der Waals surface area (Å²) in [5.41, 5.74) is 5.02. The van der Waals surface area contributed by atoms with E-state index in [0.29, 0.717) is 24.8 Å². The zero-order valence-electron chi connectivity index (χ0n) is 17.2. The van der Waals surface area contributed by atoms with Crippen molar-refractivity contribution in [2.75, 3.05) is 0 Å². The molecule has 3 aromatic rings. The third-order valence-electron chi connectivity index (χ3n) is 5.23. The summed E-state index contributed by atoms with van der Waals surface area (Å²) >= 11 is 0. The number of carbonyl (C=O) groups excluding carboxylic acids is 1. The molecular formula is C24H27N3O2. The zero-order valence-corrected chi connectivity index (χ0v) is 17.2. The fourth-order valence-electron chi connectivity index (χ4n) is 3.41. The first-order chi connectivity index (χ1) is 14.0. The van der Waals surface area contributed by atoms with Crippen LogP contribution in [0.25, 0.3) is 5.69 Å². The van der Waals surface area contributed by atoms with Gasteiger partial charge < -0.3 is 10.1 Å². The van der Waals surface area contributed by atoms with Crippen LogP contribution < -0.4 is 10.1 Å². The molecule has 2 aromatic carbocycles. The van der Waals surface area contributed by atoms with E-state index < -0.39 is 0 Å². The molecule has 1 aromatic heterocycles. The summed E-state index contributed by atoms with van der Waals surface area (Å²) in [6.07, 6.45) is 3.22. The monoisotopic (exact) mass is 389 g/mol. The van der Waals surface area contributed by atoms with Gasteiger partial charge in [0.25, 0.3) is 0 Å². The maximum absolute atomic E-state index is 12.2. The Labute approximate surface area is 171 Å². The molecule has 1 heterocycles. The number of hydrogen-bond acceptors (Lipinski definition) is 3. The number of amides is 1. The highest BCUT2D eigenvalue weighted by atomic mass is 16.5. The molecule has 5 nitrogen and oxygen atoms in total. The molecule has 0 unspecified atom stereocenters. The fourth-order valence-corrected chi connectivity index (χ4v) is 3.41. The highest BCUT2D eigenvalue weighted by Crippen LogP contribution is 2.33. The van der Waals surface area contributed by atoms with E-state index in [2.05, 4.69) is 24.4 Å². The smallest absolute Gasteiger partial charge is 0.226 e. The first kappa shape index (κ1) is 19.2. The second kappa shape index (κ2) is 8.11. The van der Waals surface area contributed by atoms with Crippen molar-refractivity contribution in [1.29, 1.82) is 0 Å². The molecule has 0 saturated heterocycles. The van der Waals surface area contributed by atoms with Crippen molar-refractivity contribution in [1.82, 2.24) is 15.1 Å². The number of benzene rings is 2. The predicted molar refractivity (Wildman–Crippen MR) is 114 cm³/mol. The van der Waals surface area contributed by atoms with Crippen molar-refractivity contribution < 1.29 is 9.53 Å². The van der Waals surface area contributed by atoms with Gasteiger partial charge in [-0.2, -0.15) is 5.10 Å². The summed E-state index contributed by atoms with van der Waals surface area (Å²) in [6, 6.07) is 16.5. The van der Waals surface area contributed by atoms with E-state index in [1.165, 1.54) is 0 Å². The average Bonchev–Trinajstić information content (AvgIpc) is 3.45. The van der Waals surface area contributed by atoms with Crippen molar-refractivity contribution in [3.63, 3.8) is 0 Å². The van der Waals surface area contributed by atoms with Gasteiger partial charge in [-0.15, -0.1) is 0 Å². The van der Waals surface area contributed by atoms with E-state index in [-0.39, 0.29) is 5.91 Å². The van der Waals surface area contributed by atoms with E-state index >= 15 is 0 Å². The Morgan fingerprint density at radius 2 is 1.93 bits per heavy atom. The number of nitrogens with zero attached hydrogens (tertiary/aromatic N) is 2. The van der Waals surface area contributed by atoms with E-state index in [4.69, 9.17) is 9.84 Å². The van der Waals surface area contributed by atoms with Crippen LogP contribution in [0.1, 0.15) is 41.6 Å². The Kier molecular flexibility index (Phi) is 5.38. The van der Waals surface area contributed by atoms with Crippen molar-refractivity contribution >= 4 is 5.91 Å².